The van der Waals surface area contributed by atoms with Gasteiger partial charge in [0.1, 0.15) is 0 Å². The van der Waals surface area contributed by atoms with Crippen LogP contribution in [0.2, 0.25) is 0 Å². The first-order chi connectivity index (χ1) is 17.7. The second-order valence-corrected chi connectivity index (χ2v) is 10.7. The summed E-state index contributed by atoms with van der Waals surface area (Å²) in [6.45, 7) is 10.7. The number of carboxylic acid groups (broad SMARTS) is 1. The summed E-state index contributed by atoms with van der Waals surface area (Å²) >= 11 is 0. The van der Waals surface area contributed by atoms with Crippen LogP contribution in [0.25, 0.3) is 0 Å². The van der Waals surface area contributed by atoms with Crippen LogP contribution in [0.3, 0.4) is 0 Å². The molecule has 1 N–H and O–H groups in total. The topological polar surface area (TPSA) is 107 Å². The number of ether oxygens (including phenoxy) is 4. The molecule has 0 radical (unpaired) electrons. The molecular weight excluding hydrogens is 480 g/mol. The number of nitrogens with zero attached hydrogens (tertiary/aromatic N) is 2. The molecule has 2 saturated heterocycles. The Morgan fingerprint density at radius 1 is 1.14 bits per heavy atom. The molecule has 37 heavy (non-hydrogen) atoms. The van der Waals surface area contributed by atoms with Crippen LogP contribution in [-0.2, 0) is 23.9 Å². The van der Waals surface area contributed by atoms with Crippen LogP contribution in [0.15, 0.2) is 18.2 Å². The minimum atomic E-state index is -0.890. The third kappa shape index (κ3) is 6.19. The maximum Gasteiger partial charge on any atom is 0.308 e. The van der Waals surface area contributed by atoms with E-state index in [4.69, 9.17) is 23.8 Å². The van der Waals surface area contributed by atoms with Crippen LogP contribution in [0.1, 0.15) is 58.4 Å². The lowest BCUT2D eigenvalue weighted by Gasteiger charge is -2.37. The number of likely N-dealkylation sites (tertiary alicyclic amines) is 1. The molecule has 0 aromatic heterocycles. The molecule has 2 fully saturated rings. The summed E-state index contributed by atoms with van der Waals surface area (Å²) in [4.78, 5) is 33.9. The van der Waals surface area contributed by atoms with Crippen molar-refractivity contribution in [3.63, 3.8) is 0 Å². The van der Waals surface area contributed by atoms with Gasteiger partial charge in [0.15, 0.2) is 17.8 Å². The first-order valence-electron chi connectivity index (χ1n) is 13.3. The Hall–Kier alpha value is -2.40. The van der Waals surface area contributed by atoms with Gasteiger partial charge in [0.2, 0.25) is 6.79 Å². The number of rotatable bonds is 12. The lowest BCUT2D eigenvalue weighted by molar-refractivity contribution is -0.188. The van der Waals surface area contributed by atoms with E-state index >= 15 is 0 Å². The minimum absolute atomic E-state index is 0.0711. The average molecular weight is 521 g/mol. The van der Waals surface area contributed by atoms with Gasteiger partial charge in [-0.25, -0.2) is 5.06 Å². The van der Waals surface area contributed by atoms with E-state index in [1.165, 1.54) is 5.06 Å². The molecule has 0 unspecified atom stereocenters. The quantitative estimate of drug-likeness (QED) is 0.416. The van der Waals surface area contributed by atoms with Crippen molar-refractivity contribution in [3.8, 4) is 11.5 Å². The van der Waals surface area contributed by atoms with Gasteiger partial charge in [-0.2, -0.15) is 0 Å². The van der Waals surface area contributed by atoms with E-state index in [9.17, 15) is 14.7 Å². The molecule has 4 rings (SSSR count). The summed E-state index contributed by atoms with van der Waals surface area (Å²) in [6, 6.07) is 5.19. The van der Waals surface area contributed by atoms with E-state index in [0.29, 0.717) is 50.8 Å². The maximum absolute atomic E-state index is 13.4. The number of hydrogen-bond acceptors (Lipinski definition) is 8. The molecule has 1 aromatic rings. The Bertz CT molecular complexity index is 948. The van der Waals surface area contributed by atoms with Gasteiger partial charge >= 0.3 is 5.97 Å². The predicted molar refractivity (Wildman–Crippen MR) is 134 cm³/mol. The molecule has 1 amide bonds. The molecule has 0 spiro atoms. The molecular formula is C27H40N2O8. The Morgan fingerprint density at radius 2 is 1.86 bits per heavy atom. The fraction of sp³-hybridized carbons (Fsp3) is 0.704. The average Bonchev–Trinajstić information content (AvgIpc) is 3.61. The highest BCUT2D eigenvalue weighted by atomic mass is 16.7. The molecule has 0 aliphatic carbocycles. The summed E-state index contributed by atoms with van der Waals surface area (Å²) < 4.78 is 22.6. The van der Waals surface area contributed by atoms with Gasteiger partial charge in [-0.3, -0.25) is 19.3 Å². The van der Waals surface area contributed by atoms with Gasteiger partial charge < -0.3 is 24.1 Å². The summed E-state index contributed by atoms with van der Waals surface area (Å²) in [7, 11) is 0. The van der Waals surface area contributed by atoms with Crippen molar-refractivity contribution < 1.29 is 38.5 Å². The molecule has 3 atom stereocenters. The zero-order valence-corrected chi connectivity index (χ0v) is 22.3. The third-order valence-electron chi connectivity index (χ3n) is 7.35. The number of carbonyl (C=O) groups is 2. The molecule has 0 bridgehead atoms. The number of fused-ring (bicyclic) bond motifs is 1. The highest BCUT2D eigenvalue weighted by Gasteiger charge is 2.50. The fourth-order valence-corrected chi connectivity index (χ4v) is 5.59. The summed E-state index contributed by atoms with van der Waals surface area (Å²) in [5.74, 6) is -0.853. The van der Waals surface area contributed by atoms with E-state index in [1.54, 1.807) is 0 Å². The number of benzene rings is 1. The molecule has 206 valence electrons. The molecule has 1 aromatic carbocycles. The fourth-order valence-electron chi connectivity index (χ4n) is 5.59. The van der Waals surface area contributed by atoms with Crippen molar-refractivity contribution in [2.24, 2.45) is 11.3 Å². The van der Waals surface area contributed by atoms with Crippen LogP contribution in [-0.4, -0.2) is 85.5 Å². The highest BCUT2D eigenvalue weighted by molar-refractivity contribution is 5.78. The van der Waals surface area contributed by atoms with Crippen LogP contribution in [0.5, 0.6) is 11.5 Å². The van der Waals surface area contributed by atoms with E-state index in [-0.39, 0.29) is 25.2 Å². The van der Waals surface area contributed by atoms with E-state index in [0.717, 1.165) is 18.4 Å². The number of hydroxylamine groups is 2. The van der Waals surface area contributed by atoms with Crippen molar-refractivity contribution in [2.45, 2.75) is 65.2 Å². The molecule has 10 heteroatoms. The second-order valence-electron chi connectivity index (χ2n) is 10.7. The van der Waals surface area contributed by atoms with E-state index in [2.05, 4.69) is 0 Å². The summed E-state index contributed by atoms with van der Waals surface area (Å²) in [6.07, 6.45) is 1.63. The third-order valence-corrected chi connectivity index (χ3v) is 7.35. The zero-order valence-electron chi connectivity index (χ0n) is 22.3. The Balaban J connectivity index is 1.63. The first-order valence-corrected chi connectivity index (χ1v) is 13.3. The Labute approximate surface area is 218 Å². The summed E-state index contributed by atoms with van der Waals surface area (Å²) in [5.41, 5.74) is 0.400. The number of amides is 1. The van der Waals surface area contributed by atoms with Crippen molar-refractivity contribution in [1.82, 2.24) is 9.96 Å². The SMILES string of the molecule is CCCON(CCC)C(=O)CN1C[C@H](c2ccc3c(c2)OCO3)[C@@H](C(=O)O)[C@@H]1CC(C)(C)C1OCCO1. The minimum Gasteiger partial charge on any atom is -0.481 e. The van der Waals surface area contributed by atoms with Gasteiger partial charge in [-0.1, -0.05) is 33.8 Å². The van der Waals surface area contributed by atoms with Crippen molar-refractivity contribution >= 4 is 11.9 Å². The van der Waals surface area contributed by atoms with Crippen molar-refractivity contribution in [2.75, 3.05) is 46.2 Å². The highest BCUT2D eigenvalue weighted by Crippen LogP contribution is 2.46. The molecule has 3 heterocycles. The molecule has 3 aliphatic rings. The van der Waals surface area contributed by atoms with Crippen LogP contribution < -0.4 is 9.47 Å². The first kappa shape index (κ1) is 27.6. The number of hydrogen-bond donors (Lipinski definition) is 1. The Kier molecular flexibility index (Phi) is 8.94. The van der Waals surface area contributed by atoms with Gasteiger partial charge in [-0.05, 0) is 37.0 Å². The van der Waals surface area contributed by atoms with Gasteiger partial charge in [0.25, 0.3) is 5.91 Å². The van der Waals surface area contributed by atoms with Gasteiger partial charge in [-0.15, -0.1) is 0 Å². The van der Waals surface area contributed by atoms with Crippen LogP contribution >= 0.6 is 0 Å². The number of aliphatic carboxylic acids is 1. The predicted octanol–water partition coefficient (Wildman–Crippen LogP) is 3.25. The van der Waals surface area contributed by atoms with Crippen LogP contribution in [0.4, 0.5) is 0 Å². The monoisotopic (exact) mass is 520 g/mol. The molecule has 0 saturated carbocycles. The van der Waals surface area contributed by atoms with E-state index in [1.807, 2.05) is 50.8 Å². The van der Waals surface area contributed by atoms with Crippen molar-refractivity contribution in [1.29, 1.82) is 0 Å². The number of carboxylic acids is 1. The normalized spacial score (nSPS) is 24.1. The van der Waals surface area contributed by atoms with Gasteiger partial charge in [0.05, 0.1) is 32.3 Å². The standard InChI is InChI=1S/C27H40N2O8/c1-5-9-29(37-10-6-2)23(30)16-28-15-19(18-7-8-21-22(13-18)36-17-35-21)24(25(31)32)20(28)14-27(3,4)26-33-11-12-34-26/h7-8,13,19-20,24,26H,5-6,9-12,14-17H2,1-4H3,(H,31,32)/t19-,20+,24-/m1/s1. The lowest BCUT2D eigenvalue weighted by atomic mass is 9.77. The molecule has 10 nitrogen and oxygen atoms in total. The maximum atomic E-state index is 13.4. The van der Waals surface area contributed by atoms with Crippen LogP contribution in [0, 0.1) is 11.3 Å². The van der Waals surface area contributed by atoms with Gasteiger partial charge in [0, 0.05) is 30.5 Å². The van der Waals surface area contributed by atoms with Crippen molar-refractivity contribution in [3.05, 3.63) is 23.8 Å². The largest absolute Gasteiger partial charge is 0.481 e. The lowest BCUT2D eigenvalue weighted by Crippen LogP contribution is -2.47. The Morgan fingerprint density at radius 3 is 2.54 bits per heavy atom. The summed E-state index contributed by atoms with van der Waals surface area (Å²) in [5, 5.41) is 11.9. The smallest absolute Gasteiger partial charge is 0.308 e. The number of carbonyl (C=O) groups excluding carboxylic acids is 1. The second kappa shape index (κ2) is 12.0. The zero-order chi connectivity index (χ0) is 26.6. The molecule has 3 aliphatic heterocycles. The van der Waals surface area contributed by atoms with E-state index < -0.39 is 29.6 Å².